The van der Waals surface area contributed by atoms with E-state index < -0.39 is 6.16 Å². The lowest BCUT2D eigenvalue weighted by Crippen LogP contribution is -2.06. The van der Waals surface area contributed by atoms with Gasteiger partial charge < -0.3 is 14.6 Å². The van der Waals surface area contributed by atoms with Crippen LogP contribution in [-0.4, -0.2) is 21.2 Å². The maximum Gasteiger partial charge on any atom is 0.511 e. The maximum absolute atomic E-state index is 10.8. The van der Waals surface area contributed by atoms with Crippen LogP contribution in [-0.2, 0) is 0 Å². The molecule has 0 unspecified atom stereocenters. The Labute approximate surface area is 142 Å². The largest absolute Gasteiger partial charge is 0.511 e. The van der Waals surface area contributed by atoms with E-state index in [0.29, 0.717) is 16.6 Å². The molecule has 0 saturated carbocycles. The molecule has 1 N–H and O–H groups in total. The molecule has 0 bridgehead atoms. The minimum absolute atomic E-state index is 0.0423. The van der Waals surface area contributed by atoms with Crippen LogP contribution < -0.4 is 9.47 Å². The van der Waals surface area contributed by atoms with E-state index >= 15 is 0 Å². The number of hydrogen-bond acceptors (Lipinski definition) is 5. The molecule has 3 aromatic rings. The number of nitrogens with zero attached hydrogens (tertiary/aromatic N) is 2. The molecule has 0 aliphatic carbocycles. The third-order valence-electron chi connectivity index (χ3n) is 2.99. The number of hydrogen-bond donors (Lipinski definition) is 1. The van der Waals surface area contributed by atoms with Crippen LogP contribution in [0.3, 0.4) is 0 Å². The zero-order chi connectivity index (χ0) is 16.9. The van der Waals surface area contributed by atoms with Crippen LogP contribution in [0.5, 0.6) is 17.4 Å². The van der Waals surface area contributed by atoms with Crippen molar-refractivity contribution in [2.24, 2.45) is 0 Å². The van der Waals surface area contributed by atoms with Crippen LogP contribution in [0.25, 0.3) is 11.4 Å². The smallest absolute Gasteiger partial charge is 0.449 e. The lowest BCUT2D eigenvalue weighted by Gasteiger charge is -2.11. The van der Waals surface area contributed by atoms with Gasteiger partial charge >= 0.3 is 6.16 Å². The van der Waals surface area contributed by atoms with E-state index in [-0.39, 0.29) is 11.6 Å². The van der Waals surface area contributed by atoms with E-state index in [4.69, 9.17) is 21.4 Å². The number of carbonyl (C=O) groups is 1. The van der Waals surface area contributed by atoms with E-state index in [2.05, 4.69) is 14.7 Å². The lowest BCUT2D eigenvalue weighted by atomic mass is 10.2. The van der Waals surface area contributed by atoms with Gasteiger partial charge in [0.2, 0.25) is 5.75 Å². The van der Waals surface area contributed by atoms with E-state index in [9.17, 15) is 4.79 Å². The molecule has 0 radical (unpaired) electrons. The normalized spacial score (nSPS) is 10.2. The monoisotopic (exact) mass is 342 g/mol. The number of rotatable bonds is 4. The van der Waals surface area contributed by atoms with Crippen LogP contribution >= 0.6 is 11.6 Å². The van der Waals surface area contributed by atoms with E-state index in [1.165, 1.54) is 6.20 Å². The quantitative estimate of drug-likeness (QED) is 0.695. The predicted molar refractivity (Wildman–Crippen MR) is 87.6 cm³/mol. The number of aromatic nitrogens is 2. The molecule has 6 nitrogen and oxygen atoms in total. The van der Waals surface area contributed by atoms with Gasteiger partial charge in [-0.2, -0.15) is 4.98 Å². The van der Waals surface area contributed by atoms with Crippen molar-refractivity contribution < 1.29 is 19.4 Å². The van der Waals surface area contributed by atoms with Crippen molar-refractivity contribution in [2.75, 3.05) is 0 Å². The molecular formula is C17H11ClN2O4. The summed E-state index contributed by atoms with van der Waals surface area (Å²) in [6, 6.07) is 16.0. The van der Waals surface area contributed by atoms with Crippen molar-refractivity contribution in [3.63, 3.8) is 0 Å². The molecule has 24 heavy (non-hydrogen) atoms. The molecule has 120 valence electrons. The van der Waals surface area contributed by atoms with Gasteiger partial charge in [0.05, 0.1) is 11.2 Å². The molecule has 0 saturated heterocycles. The summed E-state index contributed by atoms with van der Waals surface area (Å²) in [6.07, 6.45) is -0.245. The van der Waals surface area contributed by atoms with Gasteiger partial charge in [0.1, 0.15) is 5.75 Å². The van der Waals surface area contributed by atoms with Crippen LogP contribution in [0, 0.1) is 0 Å². The van der Waals surface area contributed by atoms with Crippen molar-refractivity contribution in [1.82, 2.24) is 9.97 Å². The van der Waals surface area contributed by atoms with Crippen LogP contribution in [0.4, 0.5) is 4.79 Å². The van der Waals surface area contributed by atoms with Gasteiger partial charge in [0.15, 0.2) is 5.82 Å². The standard InChI is InChI=1S/C17H11ClN2O4/c18-12-8-4-5-9-13(12)23-16-14(24-17(21)22)10-19-15(20-16)11-6-2-1-3-7-11/h1-10H,(H,21,22). The Hall–Kier alpha value is -3.12. The van der Waals surface area contributed by atoms with E-state index in [1.54, 1.807) is 24.3 Å². The first kappa shape index (κ1) is 15.8. The Morgan fingerprint density at radius 3 is 2.42 bits per heavy atom. The minimum atomic E-state index is -1.49. The third-order valence-corrected chi connectivity index (χ3v) is 3.31. The second-order valence-electron chi connectivity index (χ2n) is 4.63. The average molecular weight is 343 g/mol. The molecule has 3 rings (SSSR count). The SMILES string of the molecule is O=C(O)Oc1cnc(-c2ccccc2)nc1Oc1ccccc1Cl. The summed E-state index contributed by atoms with van der Waals surface area (Å²) in [6.45, 7) is 0. The van der Waals surface area contributed by atoms with Crippen LogP contribution in [0.1, 0.15) is 0 Å². The van der Waals surface area contributed by atoms with Gasteiger partial charge in [-0.25, -0.2) is 9.78 Å². The van der Waals surface area contributed by atoms with Crippen molar-refractivity contribution >= 4 is 17.8 Å². The predicted octanol–water partition coefficient (Wildman–Crippen LogP) is 4.65. The molecular weight excluding hydrogens is 332 g/mol. The number of ether oxygens (including phenoxy) is 2. The summed E-state index contributed by atoms with van der Waals surface area (Å²) in [5.41, 5.74) is 0.753. The highest BCUT2D eigenvalue weighted by Gasteiger charge is 2.16. The molecule has 7 heteroatoms. The summed E-state index contributed by atoms with van der Waals surface area (Å²) in [7, 11) is 0. The number of benzene rings is 2. The molecule has 1 heterocycles. The van der Waals surface area contributed by atoms with Gasteiger partial charge in [-0.1, -0.05) is 54.1 Å². The second kappa shape index (κ2) is 6.97. The Kier molecular flexibility index (Phi) is 4.58. The molecule has 0 aliphatic rings. The maximum atomic E-state index is 10.8. The highest BCUT2D eigenvalue weighted by atomic mass is 35.5. The van der Waals surface area contributed by atoms with Gasteiger partial charge in [0.25, 0.3) is 5.88 Å². The topological polar surface area (TPSA) is 81.5 Å². The summed E-state index contributed by atoms with van der Waals surface area (Å²) in [5, 5.41) is 9.20. The van der Waals surface area contributed by atoms with Crippen LogP contribution in [0.2, 0.25) is 5.02 Å². The van der Waals surface area contributed by atoms with Crippen molar-refractivity contribution in [3.8, 4) is 28.8 Å². The van der Waals surface area contributed by atoms with Gasteiger partial charge in [-0.05, 0) is 12.1 Å². The van der Waals surface area contributed by atoms with Crippen molar-refractivity contribution in [1.29, 1.82) is 0 Å². The number of para-hydroxylation sites is 1. The number of halogens is 1. The Morgan fingerprint density at radius 1 is 1.00 bits per heavy atom. The van der Waals surface area contributed by atoms with Crippen LogP contribution in [0.15, 0.2) is 60.8 Å². The zero-order valence-corrected chi connectivity index (χ0v) is 13.0. The summed E-state index contributed by atoms with van der Waals surface area (Å²) < 4.78 is 10.3. The highest BCUT2D eigenvalue weighted by Crippen LogP contribution is 2.34. The Balaban J connectivity index is 2.03. The van der Waals surface area contributed by atoms with E-state index in [1.807, 2.05) is 30.3 Å². The molecule has 1 aromatic heterocycles. The minimum Gasteiger partial charge on any atom is -0.449 e. The Morgan fingerprint density at radius 2 is 1.71 bits per heavy atom. The van der Waals surface area contributed by atoms with Crippen molar-refractivity contribution in [2.45, 2.75) is 0 Å². The molecule has 0 spiro atoms. The van der Waals surface area contributed by atoms with Gasteiger partial charge in [-0.15, -0.1) is 0 Å². The first-order valence-corrected chi connectivity index (χ1v) is 7.27. The second-order valence-corrected chi connectivity index (χ2v) is 5.04. The molecule has 2 aromatic carbocycles. The summed E-state index contributed by atoms with van der Waals surface area (Å²) in [4.78, 5) is 19.2. The van der Waals surface area contributed by atoms with E-state index in [0.717, 1.165) is 5.56 Å². The lowest BCUT2D eigenvalue weighted by molar-refractivity contribution is 0.142. The fourth-order valence-electron chi connectivity index (χ4n) is 1.95. The molecule has 0 fully saturated rings. The first-order chi connectivity index (χ1) is 11.6. The van der Waals surface area contributed by atoms with Crippen molar-refractivity contribution in [3.05, 3.63) is 65.8 Å². The van der Waals surface area contributed by atoms with Gasteiger partial charge in [-0.3, -0.25) is 0 Å². The highest BCUT2D eigenvalue weighted by molar-refractivity contribution is 6.32. The third kappa shape index (κ3) is 3.61. The summed E-state index contributed by atoms with van der Waals surface area (Å²) in [5.74, 6) is 0.531. The summed E-state index contributed by atoms with van der Waals surface area (Å²) >= 11 is 6.06. The zero-order valence-electron chi connectivity index (χ0n) is 12.2. The fraction of sp³-hybridized carbons (Fsp3) is 0. The molecule has 0 amide bonds. The first-order valence-electron chi connectivity index (χ1n) is 6.89. The fourth-order valence-corrected chi connectivity index (χ4v) is 2.12. The molecule has 0 aliphatic heterocycles. The molecule has 0 atom stereocenters. The number of carboxylic acid groups (broad SMARTS) is 1. The van der Waals surface area contributed by atoms with Gasteiger partial charge in [0, 0.05) is 5.56 Å². The Bertz CT molecular complexity index is 871. The average Bonchev–Trinajstić information content (AvgIpc) is 2.59.